The first-order valence-electron chi connectivity index (χ1n) is 10.2. The topological polar surface area (TPSA) is 114 Å². The molecule has 2 aromatic carbocycles. The monoisotopic (exact) mass is 442 g/mol. The van der Waals surface area contributed by atoms with Crippen LogP contribution >= 0.6 is 0 Å². The number of benzene rings is 2. The van der Waals surface area contributed by atoms with E-state index in [9.17, 15) is 9.59 Å². The van der Waals surface area contributed by atoms with Gasteiger partial charge in [0.1, 0.15) is 18.0 Å². The summed E-state index contributed by atoms with van der Waals surface area (Å²) >= 11 is 0. The summed E-state index contributed by atoms with van der Waals surface area (Å²) in [5.74, 6) is 1.55. The summed E-state index contributed by atoms with van der Waals surface area (Å²) in [7, 11) is 1.57. The molecule has 10 heteroatoms. The summed E-state index contributed by atoms with van der Waals surface area (Å²) in [6.45, 7) is 0.579. The molecule has 2 saturated heterocycles. The fourth-order valence-electron chi connectivity index (χ4n) is 3.94. The zero-order valence-electron chi connectivity index (χ0n) is 17.2. The summed E-state index contributed by atoms with van der Waals surface area (Å²) in [6.07, 6.45) is -2.06. The van der Waals surface area contributed by atoms with Crippen molar-refractivity contribution in [3.63, 3.8) is 0 Å². The fraction of sp³-hybridized carbons (Fsp3) is 0.364. The lowest BCUT2D eigenvalue weighted by atomic mass is 10.1. The number of hydrogen-bond acceptors (Lipinski definition) is 8. The molecule has 10 nitrogen and oxygen atoms in total. The van der Waals surface area contributed by atoms with Gasteiger partial charge in [0, 0.05) is 11.3 Å². The van der Waals surface area contributed by atoms with E-state index in [0.717, 1.165) is 0 Å². The Balaban J connectivity index is 1.15. The predicted octanol–water partition coefficient (Wildman–Crippen LogP) is 1.94. The van der Waals surface area contributed by atoms with Crippen LogP contribution in [0, 0.1) is 0 Å². The average Bonchev–Trinajstić information content (AvgIpc) is 3.52. The molecular weight excluding hydrogens is 420 g/mol. The third kappa shape index (κ3) is 4.02. The van der Waals surface area contributed by atoms with Crippen LogP contribution in [-0.4, -0.2) is 63.5 Å². The minimum Gasteiger partial charge on any atom is -0.497 e. The van der Waals surface area contributed by atoms with E-state index < -0.39 is 24.4 Å². The van der Waals surface area contributed by atoms with Crippen LogP contribution in [0.4, 0.5) is 10.5 Å². The summed E-state index contributed by atoms with van der Waals surface area (Å²) in [5, 5.41) is 5.59. The zero-order chi connectivity index (χ0) is 22.1. The van der Waals surface area contributed by atoms with Gasteiger partial charge in [-0.3, -0.25) is 10.1 Å². The lowest BCUT2D eigenvalue weighted by Crippen LogP contribution is -2.44. The van der Waals surface area contributed by atoms with Crippen molar-refractivity contribution >= 4 is 17.7 Å². The third-order valence-corrected chi connectivity index (χ3v) is 5.55. The molecule has 0 bridgehead atoms. The summed E-state index contributed by atoms with van der Waals surface area (Å²) in [4.78, 5) is 25.0. The molecule has 3 heterocycles. The maximum absolute atomic E-state index is 12.7. The first-order chi connectivity index (χ1) is 15.6. The van der Waals surface area contributed by atoms with Crippen molar-refractivity contribution in [3.8, 4) is 17.2 Å². The molecule has 4 unspecified atom stereocenters. The van der Waals surface area contributed by atoms with Crippen LogP contribution in [0.2, 0.25) is 0 Å². The molecule has 0 aromatic heterocycles. The predicted molar refractivity (Wildman–Crippen MR) is 110 cm³/mol. The van der Waals surface area contributed by atoms with Gasteiger partial charge in [0.2, 0.25) is 6.79 Å². The Hall–Kier alpha value is -3.50. The Bertz CT molecular complexity index is 1010. The van der Waals surface area contributed by atoms with E-state index in [-0.39, 0.29) is 32.0 Å². The molecular formula is C22H22N2O8. The number of carbonyl (C=O) groups is 2. The second-order valence-electron chi connectivity index (χ2n) is 7.54. The lowest BCUT2D eigenvalue weighted by Gasteiger charge is -2.18. The van der Waals surface area contributed by atoms with Crippen molar-refractivity contribution in [3.05, 3.63) is 48.0 Å². The molecule has 3 aliphatic rings. The highest BCUT2D eigenvalue weighted by Gasteiger charge is 2.50. The maximum atomic E-state index is 12.7. The molecule has 2 aromatic rings. The van der Waals surface area contributed by atoms with Gasteiger partial charge in [-0.05, 0) is 42.5 Å². The Morgan fingerprint density at radius 2 is 1.75 bits per heavy atom. The van der Waals surface area contributed by atoms with Gasteiger partial charge in [0.25, 0.3) is 5.91 Å². The maximum Gasteiger partial charge on any atom is 0.412 e. The molecule has 5 rings (SSSR count). The van der Waals surface area contributed by atoms with E-state index in [1.165, 1.54) is 0 Å². The SMILES string of the molecule is COc1ccc(NC(=O)OC2COC3C(NC(=O)c4ccc5c(c4)OCO5)COC23)cc1. The minimum atomic E-state index is -0.610. The summed E-state index contributed by atoms with van der Waals surface area (Å²) in [5.41, 5.74) is 1.02. The third-order valence-electron chi connectivity index (χ3n) is 5.55. The van der Waals surface area contributed by atoms with E-state index in [1.807, 2.05) is 0 Å². The van der Waals surface area contributed by atoms with Crippen LogP contribution in [0.5, 0.6) is 17.2 Å². The van der Waals surface area contributed by atoms with Crippen molar-refractivity contribution < 1.29 is 38.0 Å². The van der Waals surface area contributed by atoms with E-state index in [2.05, 4.69) is 10.6 Å². The quantitative estimate of drug-likeness (QED) is 0.722. The highest BCUT2D eigenvalue weighted by Crippen LogP contribution is 2.33. The normalized spacial score (nSPS) is 25.2. The largest absolute Gasteiger partial charge is 0.497 e. The van der Waals surface area contributed by atoms with Crippen molar-refractivity contribution in [2.45, 2.75) is 24.4 Å². The number of amides is 2. The van der Waals surface area contributed by atoms with E-state index in [4.69, 9.17) is 28.4 Å². The molecule has 0 aliphatic carbocycles. The Labute approximate surface area is 183 Å². The van der Waals surface area contributed by atoms with E-state index >= 15 is 0 Å². The van der Waals surface area contributed by atoms with Crippen LogP contribution in [-0.2, 0) is 14.2 Å². The van der Waals surface area contributed by atoms with Crippen molar-refractivity contribution in [1.82, 2.24) is 5.32 Å². The van der Waals surface area contributed by atoms with E-state index in [1.54, 1.807) is 49.6 Å². The number of ether oxygens (including phenoxy) is 6. The van der Waals surface area contributed by atoms with Crippen LogP contribution < -0.4 is 24.8 Å². The molecule has 168 valence electrons. The van der Waals surface area contributed by atoms with Gasteiger partial charge in [-0.15, -0.1) is 0 Å². The highest BCUT2D eigenvalue weighted by atomic mass is 16.7. The average molecular weight is 442 g/mol. The molecule has 3 aliphatic heterocycles. The van der Waals surface area contributed by atoms with Gasteiger partial charge >= 0.3 is 6.09 Å². The molecule has 0 spiro atoms. The van der Waals surface area contributed by atoms with E-state index in [0.29, 0.717) is 28.5 Å². The Kier molecular flexibility index (Phi) is 5.46. The van der Waals surface area contributed by atoms with Crippen LogP contribution in [0.25, 0.3) is 0 Å². The van der Waals surface area contributed by atoms with Crippen molar-refractivity contribution in [2.75, 3.05) is 32.4 Å². The minimum absolute atomic E-state index is 0.141. The van der Waals surface area contributed by atoms with Crippen molar-refractivity contribution in [1.29, 1.82) is 0 Å². The summed E-state index contributed by atoms with van der Waals surface area (Å²) < 4.78 is 32.8. The number of fused-ring (bicyclic) bond motifs is 2. The molecule has 2 fully saturated rings. The highest BCUT2D eigenvalue weighted by molar-refractivity contribution is 5.95. The first-order valence-corrected chi connectivity index (χ1v) is 10.2. The molecule has 2 N–H and O–H groups in total. The number of hydrogen-bond donors (Lipinski definition) is 2. The number of methoxy groups -OCH3 is 1. The van der Waals surface area contributed by atoms with Crippen LogP contribution in [0.15, 0.2) is 42.5 Å². The molecule has 0 saturated carbocycles. The molecule has 32 heavy (non-hydrogen) atoms. The fourth-order valence-corrected chi connectivity index (χ4v) is 3.94. The second kappa shape index (κ2) is 8.56. The van der Waals surface area contributed by atoms with Gasteiger partial charge in [-0.1, -0.05) is 0 Å². The molecule has 2 amide bonds. The second-order valence-corrected chi connectivity index (χ2v) is 7.54. The van der Waals surface area contributed by atoms with Gasteiger partial charge in [0.05, 0.1) is 26.4 Å². The Morgan fingerprint density at radius 1 is 0.969 bits per heavy atom. The summed E-state index contributed by atoms with van der Waals surface area (Å²) in [6, 6.07) is 11.5. The Morgan fingerprint density at radius 3 is 2.56 bits per heavy atom. The molecule has 4 atom stereocenters. The smallest absolute Gasteiger partial charge is 0.412 e. The van der Waals surface area contributed by atoms with Gasteiger partial charge in [-0.2, -0.15) is 0 Å². The first kappa shape index (κ1) is 20.4. The number of nitrogens with one attached hydrogen (secondary N) is 2. The van der Waals surface area contributed by atoms with Crippen molar-refractivity contribution in [2.24, 2.45) is 0 Å². The van der Waals surface area contributed by atoms with Crippen LogP contribution in [0.1, 0.15) is 10.4 Å². The van der Waals surface area contributed by atoms with Gasteiger partial charge in [0.15, 0.2) is 17.6 Å². The number of rotatable bonds is 5. The lowest BCUT2D eigenvalue weighted by molar-refractivity contribution is 0.00861. The number of carbonyl (C=O) groups excluding carboxylic acids is 2. The zero-order valence-corrected chi connectivity index (χ0v) is 17.2. The van der Waals surface area contributed by atoms with Gasteiger partial charge in [-0.25, -0.2) is 4.79 Å². The molecule has 0 radical (unpaired) electrons. The standard InChI is InChI=1S/C22H22N2O8/c1-27-14-5-3-13(4-6-14)23-22(26)32-18-10-29-19-15(9-28-20(18)19)24-21(25)12-2-7-16-17(8-12)31-11-30-16/h2-8,15,18-20H,9-11H2,1H3,(H,23,26)(H,24,25). The van der Waals surface area contributed by atoms with Crippen LogP contribution in [0.3, 0.4) is 0 Å². The van der Waals surface area contributed by atoms with Gasteiger partial charge < -0.3 is 33.7 Å². The number of anilines is 1.